The predicted molar refractivity (Wildman–Crippen MR) is 77.8 cm³/mol. The summed E-state index contributed by atoms with van der Waals surface area (Å²) in [5.74, 6) is -1.02. The van der Waals surface area contributed by atoms with Gasteiger partial charge in [-0.05, 0) is 40.9 Å². The van der Waals surface area contributed by atoms with Crippen molar-refractivity contribution in [2.24, 2.45) is 0 Å². The average molecular weight is 287 g/mol. The van der Waals surface area contributed by atoms with Gasteiger partial charge in [0.25, 0.3) is 0 Å². The Kier molecular flexibility index (Phi) is 3.02. The first kappa shape index (κ1) is 12.8. The molecule has 1 aromatic carbocycles. The van der Waals surface area contributed by atoms with E-state index in [1.165, 1.54) is 4.70 Å². The fraction of sp³-hybridized carbons (Fsp3) is 0.214. The lowest BCUT2D eigenvalue weighted by atomic mass is 10.1. The third-order valence-electron chi connectivity index (χ3n) is 3.13. The van der Waals surface area contributed by atoms with Crippen LogP contribution >= 0.6 is 11.3 Å². The molecule has 1 N–H and O–H groups in total. The minimum atomic E-state index is -1.04. The number of nitrogens with zero attached hydrogens (tertiary/aromatic N) is 3. The molecule has 0 saturated heterocycles. The van der Waals surface area contributed by atoms with Crippen molar-refractivity contribution in [1.29, 1.82) is 0 Å². The highest BCUT2D eigenvalue weighted by atomic mass is 32.1. The maximum Gasteiger partial charge on any atom is 0.358 e. The van der Waals surface area contributed by atoms with Gasteiger partial charge in [-0.15, -0.1) is 16.4 Å². The summed E-state index contributed by atoms with van der Waals surface area (Å²) in [6.45, 7) is 3.87. The third kappa shape index (κ3) is 1.98. The van der Waals surface area contributed by atoms with E-state index in [4.69, 9.17) is 0 Å². The van der Waals surface area contributed by atoms with Gasteiger partial charge in [0.05, 0.1) is 11.4 Å². The maximum atomic E-state index is 11.2. The minimum absolute atomic E-state index is 0.0189. The number of carboxylic acid groups (broad SMARTS) is 1. The van der Waals surface area contributed by atoms with Crippen LogP contribution in [-0.4, -0.2) is 26.1 Å². The lowest BCUT2D eigenvalue weighted by Gasteiger charge is -2.09. The zero-order chi connectivity index (χ0) is 14.3. The van der Waals surface area contributed by atoms with Crippen molar-refractivity contribution in [1.82, 2.24) is 15.0 Å². The van der Waals surface area contributed by atoms with Crippen molar-refractivity contribution >= 4 is 27.4 Å². The summed E-state index contributed by atoms with van der Waals surface area (Å²) in [4.78, 5) is 11.2. The van der Waals surface area contributed by atoms with Crippen LogP contribution in [0.4, 0.5) is 0 Å². The summed E-state index contributed by atoms with van der Waals surface area (Å²) in [6, 6.07) is 7.98. The summed E-state index contributed by atoms with van der Waals surface area (Å²) in [7, 11) is 0. The molecular weight excluding hydrogens is 274 g/mol. The average Bonchev–Trinajstić information content (AvgIpc) is 3.04. The SMILES string of the molecule is CC(C)c1c(C(=O)O)nnn1-c1ccc2sccc2c1. The summed E-state index contributed by atoms with van der Waals surface area (Å²) >= 11 is 1.67. The summed E-state index contributed by atoms with van der Waals surface area (Å²) in [5, 5.41) is 20.2. The second-order valence-electron chi connectivity index (χ2n) is 4.84. The van der Waals surface area contributed by atoms with Crippen LogP contribution in [0.15, 0.2) is 29.6 Å². The van der Waals surface area contributed by atoms with Gasteiger partial charge in [0.15, 0.2) is 5.69 Å². The molecule has 0 spiro atoms. The molecule has 0 aliphatic heterocycles. The monoisotopic (exact) mass is 287 g/mol. The number of hydrogen-bond donors (Lipinski definition) is 1. The lowest BCUT2D eigenvalue weighted by molar-refractivity contribution is 0.0688. The number of fused-ring (bicyclic) bond motifs is 1. The van der Waals surface area contributed by atoms with E-state index in [9.17, 15) is 9.90 Å². The van der Waals surface area contributed by atoms with Gasteiger partial charge in [0.1, 0.15) is 0 Å². The van der Waals surface area contributed by atoms with E-state index >= 15 is 0 Å². The Labute approximate surface area is 119 Å². The van der Waals surface area contributed by atoms with Gasteiger partial charge < -0.3 is 5.11 Å². The Morgan fingerprint density at radius 1 is 1.35 bits per heavy atom. The summed E-state index contributed by atoms with van der Waals surface area (Å²) in [5.41, 5.74) is 1.47. The molecule has 20 heavy (non-hydrogen) atoms. The van der Waals surface area contributed by atoms with Gasteiger partial charge in [-0.2, -0.15) is 0 Å². The van der Waals surface area contributed by atoms with Gasteiger partial charge in [-0.3, -0.25) is 0 Å². The van der Waals surface area contributed by atoms with Crippen molar-refractivity contribution in [3.63, 3.8) is 0 Å². The molecule has 0 aliphatic carbocycles. The third-order valence-corrected chi connectivity index (χ3v) is 4.03. The molecule has 6 heteroatoms. The van der Waals surface area contributed by atoms with Crippen LogP contribution in [0.1, 0.15) is 35.9 Å². The first-order chi connectivity index (χ1) is 9.58. The number of benzene rings is 1. The van der Waals surface area contributed by atoms with Crippen LogP contribution in [0.25, 0.3) is 15.8 Å². The molecule has 0 aliphatic rings. The highest BCUT2D eigenvalue weighted by Crippen LogP contribution is 2.26. The van der Waals surface area contributed by atoms with Crippen LogP contribution in [0.2, 0.25) is 0 Å². The van der Waals surface area contributed by atoms with Gasteiger partial charge in [-0.1, -0.05) is 19.1 Å². The van der Waals surface area contributed by atoms with Crippen molar-refractivity contribution in [3.05, 3.63) is 41.0 Å². The number of hydrogen-bond acceptors (Lipinski definition) is 4. The van der Waals surface area contributed by atoms with Crippen molar-refractivity contribution < 1.29 is 9.90 Å². The fourth-order valence-electron chi connectivity index (χ4n) is 2.24. The second-order valence-corrected chi connectivity index (χ2v) is 5.79. The Balaban J connectivity index is 2.20. The van der Waals surface area contributed by atoms with E-state index in [2.05, 4.69) is 10.3 Å². The predicted octanol–water partition coefficient (Wildman–Crippen LogP) is 3.30. The van der Waals surface area contributed by atoms with E-state index in [1.54, 1.807) is 16.0 Å². The number of aromatic nitrogens is 3. The highest BCUT2D eigenvalue weighted by Gasteiger charge is 2.22. The molecule has 102 valence electrons. The van der Waals surface area contributed by atoms with Crippen LogP contribution in [0.5, 0.6) is 0 Å². The van der Waals surface area contributed by atoms with Crippen molar-refractivity contribution in [2.45, 2.75) is 19.8 Å². The van der Waals surface area contributed by atoms with Crippen LogP contribution in [0.3, 0.4) is 0 Å². The van der Waals surface area contributed by atoms with Crippen molar-refractivity contribution in [3.8, 4) is 5.69 Å². The molecule has 0 fully saturated rings. The first-order valence-corrected chi connectivity index (χ1v) is 7.12. The Hall–Kier alpha value is -2.21. The number of aromatic carboxylic acids is 1. The molecule has 0 saturated carbocycles. The Morgan fingerprint density at radius 3 is 2.85 bits per heavy atom. The largest absolute Gasteiger partial charge is 0.476 e. The van der Waals surface area contributed by atoms with E-state index in [0.29, 0.717) is 5.69 Å². The highest BCUT2D eigenvalue weighted by molar-refractivity contribution is 7.17. The van der Waals surface area contributed by atoms with Gasteiger partial charge in [0, 0.05) is 4.70 Å². The number of carbonyl (C=O) groups is 1. The van der Waals surface area contributed by atoms with E-state index in [0.717, 1.165) is 11.1 Å². The van der Waals surface area contributed by atoms with Crippen LogP contribution in [0, 0.1) is 0 Å². The molecular formula is C14H13N3O2S. The molecule has 5 nitrogen and oxygen atoms in total. The van der Waals surface area contributed by atoms with Gasteiger partial charge >= 0.3 is 5.97 Å². The normalized spacial score (nSPS) is 11.3. The number of carboxylic acids is 1. The first-order valence-electron chi connectivity index (χ1n) is 6.24. The second kappa shape index (κ2) is 4.72. The number of thiophene rings is 1. The minimum Gasteiger partial charge on any atom is -0.476 e. The zero-order valence-corrected chi connectivity index (χ0v) is 11.9. The van der Waals surface area contributed by atoms with E-state index < -0.39 is 5.97 Å². The molecule has 0 unspecified atom stereocenters. The molecule has 2 heterocycles. The van der Waals surface area contributed by atoms with Crippen molar-refractivity contribution in [2.75, 3.05) is 0 Å². The standard InChI is InChI=1S/C14H13N3O2S/c1-8(2)13-12(14(18)19)15-16-17(13)10-3-4-11-9(7-10)5-6-20-11/h3-8H,1-2H3,(H,18,19). The van der Waals surface area contributed by atoms with E-state index in [1.807, 2.05) is 43.5 Å². The van der Waals surface area contributed by atoms with Crippen LogP contribution < -0.4 is 0 Å². The quantitative estimate of drug-likeness (QED) is 0.802. The zero-order valence-electron chi connectivity index (χ0n) is 11.1. The molecule has 3 aromatic rings. The molecule has 0 radical (unpaired) electrons. The van der Waals surface area contributed by atoms with Crippen LogP contribution in [-0.2, 0) is 0 Å². The van der Waals surface area contributed by atoms with Gasteiger partial charge in [0.2, 0.25) is 0 Å². The Bertz CT molecular complexity index is 789. The molecule has 3 rings (SSSR count). The molecule has 0 atom stereocenters. The summed E-state index contributed by atoms with van der Waals surface area (Å²) < 4.78 is 2.81. The molecule has 2 aromatic heterocycles. The van der Waals surface area contributed by atoms with E-state index in [-0.39, 0.29) is 11.6 Å². The Morgan fingerprint density at radius 2 is 2.15 bits per heavy atom. The topological polar surface area (TPSA) is 68.0 Å². The maximum absolute atomic E-state index is 11.2. The van der Waals surface area contributed by atoms with Gasteiger partial charge in [-0.25, -0.2) is 9.48 Å². The molecule has 0 bridgehead atoms. The lowest BCUT2D eigenvalue weighted by Crippen LogP contribution is -2.08. The molecule has 0 amide bonds. The number of rotatable bonds is 3. The fourth-order valence-corrected chi connectivity index (χ4v) is 3.01. The summed E-state index contributed by atoms with van der Waals surface area (Å²) in [6.07, 6.45) is 0. The smallest absolute Gasteiger partial charge is 0.358 e.